The molecule has 2 atom stereocenters. The molecular formula is C11H18O2. The first kappa shape index (κ1) is 10.3. The van der Waals surface area contributed by atoms with Crippen molar-refractivity contribution < 1.29 is 9.90 Å². The first-order valence-corrected chi connectivity index (χ1v) is 4.96. The second kappa shape index (κ2) is 3.95. The summed E-state index contributed by atoms with van der Waals surface area (Å²) in [5.41, 5.74) is 0.633. The predicted molar refractivity (Wildman–Crippen MR) is 52.4 cm³/mol. The highest BCUT2D eigenvalue weighted by molar-refractivity contribution is 5.97. The van der Waals surface area contributed by atoms with Gasteiger partial charge in [0.1, 0.15) is 0 Å². The molecule has 74 valence electrons. The number of ketones is 1. The minimum absolute atomic E-state index is 0.0911. The molecule has 0 unspecified atom stereocenters. The molecular weight excluding hydrogens is 164 g/mol. The number of aliphatic hydroxyl groups is 1. The number of carbonyl (C=O) groups is 1. The lowest BCUT2D eigenvalue weighted by Gasteiger charge is -2.30. The molecule has 0 amide bonds. The Morgan fingerprint density at radius 1 is 1.46 bits per heavy atom. The number of rotatable bonds is 1. The first-order chi connectivity index (χ1) is 6.07. The van der Waals surface area contributed by atoms with Gasteiger partial charge in [-0.3, -0.25) is 4.79 Å². The Balaban J connectivity index is 2.85. The number of hydrogen-bond donors (Lipinski definition) is 1. The Hall–Kier alpha value is -0.790. The summed E-state index contributed by atoms with van der Waals surface area (Å²) in [6.07, 6.45) is 3.00. The van der Waals surface area contributed by atoms with Crippen molar-refractivity contribution in [2.75, 3.05) is 0 Å². The number of Topliss-reactive ketones (excluding diaryl/α,β-unsaturated/α-hetero) is 1. The van der Waals surface area contributed by atoms with Gasteiger partial charge in [-0.25, -0.2) is 0 Å². The first-order valence-electron chi connectivity index (χ1n) is 4.96. The number of hydrogen-bond acceptors (Lipinski definition) is 2. The van der Waals surface area contributed by atoms with Gasteiger partial charge in [-0.05, 0) is 24.7 Å². The van der Waals surface area contributed by atoms with Crippen LogP contribution in [0, 0.1) is 17.8 Å². The van der Waals surface area contributed by atoms with E-state index in [9.17, 15) is 4.79 Å². The van der Waals surface area contributed by atoms with Crippen molar-refractivity contribution in [2.24, 2.45) is 17.8 Å². The molecule has 0 aromatic carbocycles. The van der Waals surface area contributed by atoms with Crippen molar-refractivity contribution in [1.29, 1.82) is 0 Å². The van der Waals surface area contributed by atoms with Crippen LogP contribution in [0.25, 0.3) is 0 Å². The SMILES string of the molecule is CC(C)[C@H]1CC[C@H](C)C(=O)/C1=C/O. The van der Waals surface area contributed by atoms with Crippen molar-refractivity contribution in [1.82, 2.24) is 0 Å². The summed E-state index contributed by atoms with van der Waals surface area (Å²) < 4.78 is 0. The molecule has 0 bridgehead atoms. The summed E-state index contributed by atoms with van der Waals surface area (Å²) in [5, 5.41) is 9.02. The average molecular weight is 182 g/mol. The van der Waals surface area contributed by atoms with Crippen LogP contribution >= 0.6 is 0 Å². The van der Waals surface area contributed by atoms with E-state index >= 15 is 0 Å². The average Bonchev–Trinajstić information content (AvgIpc) is 2.09. The van der Waals surface area contributed by atoms with E-state index < -0.39 is 0 Å². The van der Waals surface area contributed by atoms with Gasteiger partial charge in [0.15, 0.2) is 5.78 Å². The third-order valence-electron chi connectivity index (χ3n) is 2.99. The third kappa shape index (κ3) is 1.93. The summed E-state index contributed by atoms with van der Waals surface area (Å²) in [7, 11) is 0. The highest BCUT2D eigenvalue weighted by atomic mass is 16.2. The quantitative estimate of drug-likeness (QED) is 0.500. The van der Waals surface area contributed by atoms with Crippen LogP contribution in [-0.4, -0.2) is 10.9 Å². The van der Waals surface area contributed by atoms with Crippen molar-refractivity contribution in [3.8, 4) is 0 Å². The summed E-state index contributed by atoms with van der Waals surface area (Å²) >= 11 is 0. The van der Waals surface area contributed by atoms with Gasteiger partial charge in [-0.15, -0.1) is 0 Å². The fourth-order valence-electron chi connectivity index (χ4n) is 2.04. The van der Waals surface area contributed by atoms with E-state index in [1.54, 1.807) is 0 Å². The zero-order valence-corrected chi connectivity index (χ0v) is 8.58. The fourth-order valence-corrected chi connectivity index (χ4v) is 2.04. The molecule has 0 aliphatic heterocycles. The molecule has 2 nitrogen and oxygen atoms in total. The normalized spacial score (nSPS) is 32.9. The highest BCUT2D eigenvalue weighted by Crippen LogP contribution is 2.34. The van der Waals surface area contributed by atoms with E-state index in [0.29, 0.717) is 11.5 Å². The Bertz CT molecular complexity index is 228. The van der Waals surface area contributed by atoms with Gasteiger partial charge in [0.25, 0.3) is 0 Å². The van der Waals surface area contributed by atoms with Gasteiger partial charge in [0, 0.05) is 11.5 Å². The van der Waals surface area contributed by atoms with Crippen molar-refractivity contribution in [3.05, 3.63) is 11.8 Å². The highest BCUT2D eigenvalue weighted by Gasteiger charge is 2.32. The van der Waals surface area contributed by atoms with Crippen LogP contribution in [0.15, 0.2) is 11.8 Å². The van der Waals surface area contributed by atoms with Gasteiger partial charge in [-0.2, -0.15) is 0 Å². The molecule has 1 aliphatic rings. The molecule has 0 aromatic rings. The fraction of sp³-hybridized carbons (Fsp3) is 0.727. The standard InChI is InChI=1S/C11H18O2/c1-7(2)9-5-4-8(3)11(13)10(9)6-12/h6-9,12H,4-5H2,1-3H3/b10-6+/t8-,9+/m0/s1. The lowest BCUT2D eigenvalue weighted by atomic mass is 9.73. The predicted octanol–water partition coefficient (Wildman–Crippen LogP) is 2.70. The lowest BCUT2D eigenvalue weighted by molar-refractivity contribution is -0.121. The summed E-state index contributed by atoms with van der Waals surface area (Å²) in [4.78, 5) is 11.6. The molecule has 1 saturated carbocycles. The molecule has 0 spiro atoms. The van der Waals surface area contributed by atoms with Crippen molar-refractivity contribution >= 4 is 5.78 Å². The Kier molecular flexibility index (Phi) is 3.12. The molecule has 0 saturated heterocycles. The van der Waals surface area contributed by atoms with E-state index in [1.165, 1.54) is 0 Å². The zero-order valence-electron chi connectivity index (χ0n) is 8.58. The second-order valence-electron chi connectivity index (χ2n) is 4.28. The van der Waals surface area contributed by atoms with Crippen LogP contribution in [0.5, 0.6) is 0 Å². The van der Waals surface area contributed by atoms with Crippen molar-refractivity contribution in [2.45, 2.75) is 33.6 Å². The number of carbonyl (C=O) groups excluding carboxylic acids is 1. The van der Waals surface area contributed by atoms with Gasteiger partial charge < -0.3 is 5.11 Å². The van der Waals surface area contributed by atoms with Gasteiger partial charge in [0.2, 0.25) is 0 Å². The maximum Gasteiger partial charge on any atom is 0.164 e. The lowest BCUT2D eigenvalue weighted by Crippen LogP contribution is -2.29. The van der Waals surface area contributed by atoms with Crippen LogP contribution in [0.3, 0.4) is 0 Å². The Morgan fingerprint density at radius 2 is 2.08 bits per heavy atom. The molecule has 0 radical (unpaired) electrons. The monoisotopic (exact) mass is 182 g/mol. The van der Waals surface area contributed by atoms with Crippen LogP contribution in [0.4, 0.5) is 0 Å². The molecule has 1 N–H and O–H groups in total. The molecule has 0 aromatic heterocycles. The summed E-state index contributed by atoms with van der Waals surface area (Å²) in [6, 6.07) is 0. The maximum atomic E-state index is 11.6. The van der Waals surface area contributed by atoms with Crippen LogP contribution in [-0.2, 0) is 4.79 Å². The third-order valence-corrected chi connectivity index (χ3v) is 2.99. The summed E-state index contributed by atoms with van der Waals surface area (Å²) in [5.74, 6) is 0.921. The molecule has 2 heteroatoms. The molecule has 13 heavy (non-hydrogen) atoms. The van der Waals surface area contributed by atoms with E-state index in [2.05, 4.69) is 13.8 Å². The van der Waals surface area contributed by atoms with E-state index in [1.807, 2.05) is 6.92 Å². The van der Waals surface area contributed by atoms with Crippen LogP contribution in [0.1, 0.15) is 33.6 Å². The Morgan fingerprint density at radius 3 is 2.54 bits per heavy atom. The van der Waals surface area contributed by atoms with E-state index in [0.717, 1.165) is 19.1 Å². The van der Waals surface area contributed by atoms with Crippen molar-refractivity contribution in [3.63, 3.8) is 0 Å². The summed E-state index contributed by atoms with van der Waals surface area (Å²) in [6.45, 7) is 6.12. The second-order valence-corrected chi connectivity index (χ2v) is 4.28. The maximum absolute atomic E-state index is 11.6. The molecule has 1 aliphatic carbocycles. The molecule has 1 fully saturated rings. The molecule has 1 rings (SSSR count). The van der Waals surface area contributed by atoms with Gasteiger partial charge in [0.05, 0.1) is 6.26 Å². The van der Waals surface area contributed by atoms with E-state index in [4.69, 9.17) is 5.11 Å². The largest absolute Gasteiger partial charge is 0.515 e. The van der Waals surface area contributed by atoms with Crippen LogP contribution < -0.4 is 0 Å². The number of aliphatic hydroxyl groups excluding tert-OH is 1. The molecule has 0 heterocycles. The minimum Gasteiger partial charge on any atom is -0.515 e. The van der Waals surface area contributed by atoms with Gasteiger partial charge >= 0.3 is 0 Å². The topological polar surface area (TPSA) is 37.3 Å². The van der Waals surface area contributed by atoms with Gasteiger partial charge in [-0.1, -0.05) is 20.8 Å². The Labute approximate surface area is 79.6 Å². The van der Waals surface area contributed by atoms with Crippen LogP contribution in [0.2, 0.25) is 0 Å². The zero-order chi connectivity index (χ0) is 10.0. The number of allylic oxidation sites excluding steroid dienone is 1. The smallest absolute Gasteiger partial charge is 0.164 e. The minimum atomic E-state index is 0.0911. The van der Waals surface area contributed by atoms with E-state index in [-0.39, 0.29) is 17.6 Å².